The smallest absolute Gasteiger partial charge is 0.323 e. The molecule has 0 bridgehead atoms. The zero-order chi connectivity index (χ0) is 12.7. The molecule has 0 rings (SSSR count). The molecule has 0 aromatic heterocycles. The standard InChI is InChI=1S/C11H21NO3S/c1-5-8(2)12(7-11(14)15)10(13)6-9(3)16-4/h8-9H,5-7H2,1-4H3,(H,14,15). The lowest BCUT2D eigenvalue weighted by molar-refractivity contribution is -0.146. The Morgan fingerprint density at radius 2 is 1.94 bits per heavy atom. The lowest BCUT2D eigenvalue weighted by Gasteiger charge is -2.27. The van der Waals surface area contributed by atoms with Gasteiger partial charge in [0.15, 0.2) is 0 Å². The number of amides is 1. The van der Waals surface area contributed by atoms with Crippen molar-refractivity contribution in [1.29, 1.82) is 0 Å². The average molecular weight is 247 g/mol. The second-order valence-electron chi connectivity index (χ2n) is 3.92. The number of carboxylic acids is 1. The lowest BCUT2D eigenvalue weighted by atomic mass is 10.2. The zero-order valence-electron chi connectivity index (χ0n) is 10.4. The van der Waals surface area contributed by atoms with Gasteiger partial charge in [-0.1, -0.05) is 13.8 Å². The third kappa shape index (κ3) is 5.39. The molecular weight excluding hydrogens is 226 g/mol. The second-order valence-corrected chi connectivity index (χ2v) is 5.20. The van der Waals surface area contributed by atoms with E-state index in [-0.39, 0.29) is 23.7 Å². The van der Waals surface area contributed by atoms with E-state index in [2.05, 4.69) is 0 Å². The van der Waals surface area contributed by atoms with E-state index >= 15 is 0 Å². The summed E-state index contributed by atoms with van der Waals surface area (Å²) in [5, 5.41) is 9.00. The van der Waals surface area contributed by atoms with Gasteiger partial charge in [-0.3, -0.25) is 9.59 Å². The Bertz CT molecular complexity index is 245. The van der Waals surface area contributed by atoms with Crippen molar-refractivity contribution in [3.8, 4) is 0 Å². The van der Waals surface area contributed by atoms with Crippen LogP contribution in [-0.2, 0) is 9.59 Å². The summed E-state index contributed by atoms with van der Waals surface area (Å²) < 4.78 is 0. The predicted octanol–water partition coefficient (Wildman–Crippen LogP) is 1.84. The first-order chi connectivity index (χ1) is 7.42. The fraction of sp³-hybridized carbons (Fsp3) is 0.818. The van der Waals surface area contributed by atoms with Gasteiger partial charge in [0.05, 0.1) is 0 Å². The summed E-state index contributed by atoms with van der Waals surface area (Å²) in [5.74, 6) is -1.02. The van der Waals surface area contributed by atoms with E-state index in [0.717, 1.165) is 6.42 Å². The van der Waals surface area contributed by atoms with Crippen LogP contribution in [0.4, 0.5) is 0 Å². The summed E-state index contributed by atoms with van der Waals surface area (Å²) in [7, 11) is 0. The summed E-state index contributed by atoms with van der Waals surface area (Å²) in [6.45, 7) is 5.60. The first-order valence-electron chi connectivity index (χ1n) is 5.46. The lowest BCUT2D eigenvalue weighted by Crippen LogP contribution is -2.42. The van der Waals surface area contributed by atoms with Crippen LogP contribution in [0.25, 0.3) is 0 Å². The van der Waals surface area contributed by atoms with Crippen LogP contribution in [0.5, 0.6) is 0 Å². The maximum absolute atomic E-state index is 11.9. The molecule has 0 saturated carbocycles. The van der Waals surface area contributed by atoms with Crippen molar-refractivity contribution in [1.82, 2.24) is 4.90 Å². The van der Waals surface area contributed by atoms with Crippen LogP contribution in [0.2, 0.25) is 0 Å². The monoisotopic (exact) mass is 247 g/mol. The summed E-state index contributed by atoms with van der Waals surface area (Å²) in [6, 6.07) is -0.0161. The minimum absolute atomic E-state index is 0.0161. The first-order valence-corrected chi connectivity index (χ1v) is 6.75. The van der Waals surface area contributed by atoms with Gasteiger partial charge in [0.2, 0.25) is 5.91 Å². The fourth-order valence-corrected chi connectivity index (χ4v) is 1.61. The summed E-state index contributed by atoms with van der Waals surface area (Å²) >= 11 is 1.61. The topological polar surface area (TPSA) is 57.6 Å². The molecule has 0 aliphatic heterocycles. The van der Waals surface area contributed by atoms with E-state index in [0.29, 0.717) is 6.42 Å². The Labute approximate surface area is 101 Å². The number of rotatable bonds is 7. The average Bonchev–Trinajstić information content (AvgIpc) is 2.24. The van der Waals surface area contributed by atoms with Crippen LogP contribution in [0.15, 0.2) is 0 Å². The minimum atomic E-state index is -0.953. The van der Waals surface area contributed by atoms with Crippen molar-refractivity contribution < 1.29 is 14.7 Å². The molecule has 0 aromatic carbocycles. The van der Waals surface area contributed by atoms with Crippen molar-refractivity contribution in [2.45, 2.75) is 44.9 Å². The molecule has 0 heterocycles. The SMILES string of the molecule is CCC(C)N(CC(=O)O)C(=O)CC(C)SC. The van der Waals surface area contributed by atoms with Crippen LogP contribution < -0.4 is 0 Å². The normalized spacial score (nSPS) is 14.2. The molecule has 1 amide bonds. The van der Waals surface area contributed by atoms with Crippen LogP contribution in [0.1, 0.15) is 33.6 Å². The number of nitrogens with zero attached hydrogens (tertiary/aromatic N) is 1. The molecule has 0 saturated heterocycles. The van der Waals surface area contributed by atoms with E-state index < -0.39 is 5.97 Å². The number of carbonyl (C=O) groups excluding carboxylic acids is 1. The third-order valence-electron chi connectivity index (χ3n) is 2.61. The van der Waals surface area contributed by atoms with E-state index in [1.54, 1.807) is 11.8 Å². The number of hydrogen-bond acceptors (Lipinski definition) is 3. The van der Waals surface area contributed by atoms with Crippen molar-refractivity contribution in [3.63, 3.8) is 0 Å². The quantitative estimate of drug-likeness (QED) is 0.746. The maximum atomic E-state index is 11.9. The van der Waals surface area contributed by atoms with E-state index in [9.17, 15) is 9.59 Å². The van der Waals surface area contributed by atoms with Gasteiger partial charge in [0.25, 0.3) is 0 Å². The molecular formula is C11H21NO3S. The van der Waals surface area contributed by atoms with Gasteiger partial charge in [-0.2, -0.15) is 11.8 Å². The predicted molar refractivity (Wildman–Crippen MR) is 66.7 cm³/mol. The highest BCUT2D eigenvalue weighted by molar-refractivity contribution is 7.99. The number of thioether (sulfide) groups is 1. The highest BCUT2D eigenvalue weighted by Crippen LogP contribution is 2.14. The summed E-state index contributed by atoms with van der Waals surface area (Å²) in [6.07, 6.45) is 3.12. The molecule has 0 aromatic rings. The number of carboxylic acid groups (broad SMARTS) is 1. The van der Waals surface area contributed by atoms with Gasteiger partial charge in [0.1, 0.15) is 6.54 Å². The largest absolute Gasteiger partial charge is 0.480 e. The number of hydrogen-bond donors (Lipinski definition) is 1. The Hall–Kier alpha value is -0.710. The molecule has 0 radical (unpaired) electrons. The minimum Gasteiger partial charge on any atom is -0.480 e. The van der Waals surface area contributed by atoms with E-state index in [4.69, 9.17) is 5.11 Å². The zero-order valence-corrected chi connectivity index (χ0v) is 11.2. The Morgan fingerprint density at radius 1 is 1.38 bits per heavy atom. The van der Waals surface area contributed by atoms with E-state index in [1.165, 1.54) is 4.90 Å². The molecule has 94 valence electrons. The first kappa shape index (κ1) is 15.3. The summed E-state index contributed by atoms with van der Waals surface area (Å²) in [5.41, 5.74) is 0. The van der Waals surface area contributed by atoms with Crippen molar-refractivity contribution >= 4 is 23.6 Å². The number of aliphatic carboxylic acids is 1. The maximum Gasteiger partial charge on any atom is 0.323 e. The second kappa shape index (κ2) is 7.54. The summed E-state index contributed by atoms with van der Waals surface area (Å²) in [4.78, 5) is 24.0. The Balaban J connectivity index is 4.49. The molecule has 4 nitrogen and oxygen atoms in total. The molecule has 0 aliphatic rings. The van der Waals surface area contributed by atoms with Gasteiger partial charge in [-0.15, -0.1) is 0 Å². The van der Waals surface area contributed by atoms with Crippen molar-refractivity contribution in [2.75, 3.05) is 12.8 Å². The molecule has 0 aliphatic carbocycles. The van der Waals surface area contributed by atoms with Gasteiger partial charge in [-0.25, -0.2) is 0 Å². The highest BCUT2D eigenvalue weighted by Gasteiger charge is 2.22. The number of carbonyl (C=O) groups is 2. The molecule has 2 atom stereocenters. The molecule has 5 heteroatoms. The van der Waals surface area contributed by atoms with Gasteiger partial charge in [0, 0.05) is 17.7 Å². The van der Waals surface area contributed by atoms with Gasteiger partial charge in [-0.05, 0) is 19.6 Å². The molecule has 1 N–H and O–H groups in total. The van der Waals surface area contributed by atoms with Gasteiger partial charge >= 0.3 is 5.97 Å². The van der Waals surface area contributed by atoms with Crippen LogP contribution >= 0.6 is 11.8 Å². The fourth-order valence-electron chi connectivity index (χ4n) is 1.30. The van der Waals surface area contributed by atoms with Crippen LogP contribution in [0.3, 0.4) is 0 Å². The highest BCUT2D eigenvalue weighted by atomic mass is 32.2. The van der Waals surface area contributed by atoms with Crippen LogP contribution in [0, 0.1) is 0 Å². The van der Waals surface area contributed by atoms with Gasteiger partial charge < -0.3 is 10.0 Å². The van der Waals surface area contributed by atoms with Crippen molar-refractivity contribution in [2.24, 2.45) is 0 Å². The molecule has 16 heavy (non-hydrogen) atoms. The molecule has 2 unspecified atom stereocenters. The molecule has 0 spiro atoms. The van der Waals surface area contributed by atoms with E-state index in [1.807, 2.05) is 27.0 Å². The molecule has 0 fully saturated rings. The van der Waals surface area contributed by atoms with Crippen LogP contribution in [-0.4, -0.2) is 46.0 Å². The Kier molecular flexibility index (Phi) is 7.21. The third-order valence-corrected chi connectivity index (χ3v) is 3.58. The Morgan fingerprint density at radius 3 is 2.31 bits per heavy atom. The van der Waals surface area contributed by atoms with Crippen molar-refractivity contribution in [3.05, 3.63) is 0 Å².